The molecule has 68 valence electrons. The Bertz CT molecular complexity index is 188. The van der Waals surface area contributed by atoms with Crippen molar-refractivity contribution in [1.29, 1.82) is 0 Å². The third-order valence-electron chi connectivity index (χ3n) is 3.18. The lowest BCUT2D eigenvalue weighted by atomic mass is 9.72. The predicted octanol–water partition coefficient (Wildman–Crippen LogP) is 1.08. The molecular formula is C10H16O2. The molecule has 0 aromatic heterocycles. The largest absolute Gasteiger partial charge is 0.393 e. The smallest absolute Gasteiger partial charge is 0.0609 e. The van der Waals surface area contributed by atoms with E-state index in [2.05, 4.69) is 12.2 Å². The summed E-state index contributed by atoms with van der Waals surface area (Å²) in [5, 5.41) is 19.1. The van der Waals surface area contributed by atoms with Crippen LogP contribution in [0.1, 0.15) is 25.7 Å². The van der Waals surface area contributed by atoms with Crippen LogP contribution in [0.2, 0.25) is 0 Å². The lowest BCUT2D eigenvalue weighted by molar-refractivity contribution is 0.00511. The first-order valence-electron chi connectivity index (χ1n) is 4.80. The van der Waals surface area contributed by atoms with Gasteiger partial charge < -0.3 is 10.2 Å². The Morgan fingerprint density at radius 2 is 2.00 bits per heavy atom. The Labute approximate surface area is 72.9 Å². The van der Waals surface area contributed by atoms with Gasteiger partial charge in [0, 0.05) is 0 Å². The SMILES string of the molecule is OC1CCC2C=CCC(O)[C@H]2C1. The lowest BCUT2D eigenvalue weighted by Gasteiger charge is -2.37. The van der Waals surface area contributed by atoms with Gasteiger partial charge in [0.2, 0.25) is 0 Å². The van der Waals surface area contributed by atoms with Gasteiger partial charge in [-0.3, -0.25) is 0 Å². The van der Waals surface area contributed by atoms with Gasteiger partial charge in [0.15, 0.2) is 0 Å². The Morgan fingerprint density at radius 1 is 1.17 bits per heavy atom. The third kappa shape index (κ3) is 1.41. The topological polar surface area (TPSA) is 40.5 Å². The van der Waals surface area contributed by atoms with Crippen LogP contribution in [0, 0.1) is 11.8 Å². The van der Waals surface area contributed by atoms with Crippen LogP contribution in [0.4, 0.5) is 0 Å². The van der Waals surface area contributed by atoms with Crippen molar-refractivity contribution in [2.75, 3.05) is 0 Å². The minimum atomic E-state index is -0.213. The highest BCUT2D eigenvalue weighted by atomic mass is 16.3. The van der Waals surface area contributed by atoms with Gasteiger partial charge in [-0.2, -0.15) is 0 Å². The second-order valence-electron chi connectivity index (χ2n) is 4.03. The molecule has 2 heteroatoms. The molecule has 0 amide bonds. The molecule has 2 aliphatic carbocycles. The molecule has 1 fully saturated rings. The standard InChI is InChI=1S/C10H16O2/c11-8-5-4-7-2-1-3-10(12)9(7)6-8/h1-2,7-12H,3-6H2/t7?,8?,9-,10?/m0/s1. The van der Waals surface area contributed by atoms with E-state index in [1.165, 1.54) is 0 Å². The average molecular weight is 168 g/mol. The highest BCUT2D eigenvalue weighted by Gasteiger charge is 2.34. The van der Waals surface area contributed by atoms with Crippen LogP contribution in [0.5, 0.6) is 0 Å². The summed E-state index contributed by atoms with van der Waals surface area (Å²) in [6.07, 6.45) is 7.40. The van der Waals surface area contributed by atoms with Crippen molar-refractivity contribution in [2.45, 2.75) is 37.9 Å². The van der Waals surface area contributed by atoms with Gasteiger partial charge in [0.25, 0.3) is 0 Å². The first kappa shape index (κ1) is 8.27. The van der Waals surface area contributed by atoms with E-state index in [9.17, 15) is 10.2 Å². The van der Waals surface area contributed by atoms with Gasteiger partial charge in [-0.05, 0) is 37.5 Å². The van der Waals surface area contributed by atoms with E-state index >= 15 is 0 Å². The molecule has 0 radical (unpaired) electrons. The van der Waals surface area contributed by atoms with Crippen molar-refractivity contribution in [3.63, 3.8) is 0 Å². The molecule has 2 aliphatic rings. The van der Waals surface area contributed by atoms with Crippen LogP contribution in [0.15, 0.2) is 12.2 Å². The van der Waals surface area contributed by atoms with Crippen molar-refractivity contribution in [1.82, 2.24) is 0 Å². The fraction of sp³-hybridized carbons (Fsp3) is 0.800. The fourth-order valence-electron chi connectivity index (χ4n) is 2.45. The van der Waals surface area contributed by atoms with Crippen LogP contribution in [-0.2, 0) is 0 Å². The number of rotatable bonds is 0. The van der Waals surface area contributed by atoms with E-state index in [0.29, 0.717) is 11.8 Å². The van der Waals surface area contributed by atoms with Crippen molar-refractivity contribution >= 4 is 0 Å². The Hall–Kier alpha value is -0.340. The zero-order valence-electron chi connectivity index (χ0n) is 7.19. The summed E-state index contributed by atoms with van der Waals surface area (Å²) in [6, 6.07) is 0. The molecule has 3 unspecified atom stereocenters. The Morgan fingerprint density at radius 3 is 2.83 bits per heavy atom. The highest BCUT2D eigenvalue weighted by molar-refractivity contribution is 5.03. The van der Waals surface area contributed by atoms with Crippen molar-refractivity contribution in [2.24, 2.45) is 11.8 Å². The normalized spacial score (nSPS) is 47.2. The van der Waals surface area contributed by atoms with Crippen LogP contribution in [0.3, 0.4) is 0 Å². The van der Waals surface area contributed by atoms with E-state index in [1.807, 2.05) is 0 Å². The van der Waals surface area contributed by atoms with E-state index in [4.69, 9.17) is 0 Å². The van der Waals surface area contributed by atoms with Gasteiger partial charge >= 0.3 is 0 Å². The third-order valence-corrected chi connectivity index (χ3v) is 3.18. The number of aliphatic hydroxyl groups is 2. The van der Waals surface area contributed by atoms with E-state index in [1.54, 1.807) is 0 Å². The second kappa shape index (κ2) is 3.19. The second-order valence-corrected chi connectivity index (χ2v) is 4.03. The molecule has 1 saturated carbocycles. The Balaban J connectivity index is 2.08. The number of hydrogen-bond acceptors (Lipinski definition) is 2. The average Bonchev–Trinajstić information content (AvgIpc) is 2.07. The number of fused-ring (bicyclic) bond motifs is 1. The summed E-state index contributed by atoms with van der Waals surface area (Å²) in [5.41, 5.74) is 0. The van der Waals surface area contributed by atoms with E-state index < -0.39 is 0 Å². The molecular weight excluding hydrogens is 152 g/mol. The number of hydrogen-bond donors (Lipinski definition) is 2. The van der Waals surface area contributed by atoms with Crippen LogP contribution < -0.4 is 0 Å². The number of allylic oxidation sites excluding steroid dienone is 1. The monoisotopic (exact) mass is 168 g/mol. The van der Waals surface area contributed by atoms with E-state index in [0.717, 1.165) is 25.7 Å². The summed E-state index contributed by atoms with van der Waals surface area (Å²) in [6.45, 7) is 0. The van der Waals surface area contributed by atoms with Crippen LogP contribution in [-0.4, -0.2) is 22.4 Å². The van der Waals surface area contributed by atoms with E-state index in [-0.39, 0.29) is 12.2 Å². The molecule has 0 bridgehead atoms. The maximum atomic E-state index is 9.66. The maximum Gasteiger partial charge on any atom is 0.0609 e. The van der Waals surface area contributed by atoms with Crippen LogP contribution >= 0.6 is 0 Å². The first-order chi connectivity index (χ1) is 5.77. The minimum Gasteiger partial charge on any atom is -0.393 e. The van der Waals surface area contributed by atoms with Gasteiger partial charge in [-0.15, -0.1) is 0 Å². The molecule has 0 aromatic rings. The molecule has 4 atom stereocenters. The summed E-state index contributed by atoms with van der Waals surface area (Å²) in [4.78, 5) is 0. The molecule has 0 spiro atoms. The van der Waals surface area contributed by atoms with Crippen LogP contribution in [0.25, 0.3) is 0 Å². The van der Waals surface area contributed by atoms with Crippen molar-refractivity contribution < 1.29 is 10.2 Å². The predicted molar refractivity (Wildman–Crippen MR) is 46.6 cm³/mol. The molecule has 0 heterocycles. The summed E-state index contributed by atoms with van der Waals surface area (Å²) in [5.74, 6) is 0.843. The van der Waals surface area contributed by atoms with Crippen molar-refractivity contribution in [3.05, 3.63) is 12.2 Å². The van der Waals surface area contributed by atoms with Crippen molar-refractivity contribution in [3.8, 4) is 0 Å². The van der Waals surface area contributed by atoms with Gasteiger partial charge in [-0.1, -0.05) is 12.2 Å². The molecule has 0 aliphatic heterocycles. The minimum absolute atomic E-state index is 0.174. The lowest BCUT2D eigenvalue weighted by Crippen LogP contribution is -2.36. The summed E-state index contributed by atoms with van der Waals surface area (Å²) < 4.78 is 0. The zero-order chi connectivity index (χ0) is 8.55. The maximum absolute atomic E-state index is 9.66. The quantitative estimate of drug-likeness (QED) is 0.531. The first-order valence-corrected chi connectivity index (χ1v) is 4.80. The molecule has 12 heavy (non-hydrogen) atoms. The molecule has 0 saturated heterocycles. The summed E-state index contributed by atoms with van der Waals surface area (Å²) in [7, 11) is 0. The van der Waals surface area contributed by atoms with Gasteiger partial charge in [0.1, 0.15) is 0 Å². The number of aliphatic hydroxyl groups excluding tert-OH is 2. The highest BCUT2D eigenvalue weighted by Crippen LogP contribution is 2.37. The molecule has 0 aromatic carbocycles. The molecule has 2 nitrogen and oxygen atoms in total. The fourth-order valence-corrected chi connectivity index (χ4v) is 2.45. The summed E-state index contributed by atoms with van der Waals surface area (Å²) >= 11 is 0. The molecule has 2 rings (SSSR count). The van der Waals surface area contributed by atoms with Gasteiger partial charge in [-0.25, -0.2) is 0 Å². The Kier molecular flexibility index (Phi) is 2.20. The van der Waals surface area contributed by atoms with Gasteiger partial charge in [0.05, 0.1) is 12.2 Å². The molecule has 2 N–H and O–H groups in total. The zero-order valence-corrected chi connectivity index (χ0v) is 7.19.